The number of hydrazine groups is 1. The number of hydrogen-bond donors (Lipinski definition) is 2. The summed E-state index contributed by atoms with van der Waals surface area (Å²) in [7, 11) is 1.67. The molecule has 0 aliphatic heterocycles. The molecule has 0 aliphatic rings. The van der Waals surface area contributed by atoms with E-state index in [1.165, 1.54) is 0 Å². The summed E-state index contributed by atoms with van der Waals surface area (Å²) in [6, 6.07) is 6.02. The van der Waals surface area contributed by atoms with Crippen LogP contribution in [-0.2, 0) is 11.2 Å². The first kappa shape index (κ1) is 18.4. The maximum absolute atomic E-state index is 6.06. The Morgan fingerprint density at radius 2 is 1.95 bits per heavy atom. The molecule has 1 aromatic rings. The minimum Gasteiger partial charge on any atom is -0.497 e. The molecule has 0 fully saturated rings. The summed E-state index contributed by atoms with van der Waals surface area (Å²) in [5.41, 5.74) is 3.85. The van der Waals surface area contributed by atoms with Crippen molar-refractivity contribution in [2.45, 2.75) is 51.7 Å². The third-order valence-corrected chi connectivity index (χ3v) is 4.92. The van der Waals surface area contributed by atoms with Gasteiger partial charge in [-0.1, -0.05) is 29.8 Å². The standard InChI is InChI=1S/C16H27BrN2O2/c1-5-16(6-2,21-7-3)15(19-18)11-12-10-13(20-4)8-9-14(12)17/h8-10,15,19H,5-7,11,18H2,1-4H3. The zero-order valence-electron chi connectivity index (χ0n) is 13.4. The van der Waals surface area contributed by atoms with Crippen molar-refractivity contribution in [3.05, 3.63) is 28.2 Å². The van der Waals surface area contributed by atoms with E-state index in [0.717, 1.165) is 35.0 Å². The van der Waals surface area contributed by atoms with E-state index < -0.39 is 0 Å². The van der Waals surface area contributed by atoms with Crippen molar-refractivity contribution in [3.8, 4) is 5.75 Å². The molecule has 21 heavy (non-hydrogen) atoms. The fourth-order valence-electron chi connectivity index (χ4n) is 2.79. The molecular weight excluding hydrogens is 332 g/mol. The van der Waals surface area contributed by atoms with Gasteiger partial charge in [-0.15, -0.1) is 0 Å². The molecule has 0 heterocycles. The average Bonchev–Trinajstić information content (AvgIpc) is 2.52. The highest BCUT2D eigenvalue weighted by atomic mass is 79.9. The van der Waals surface area contributed by atoms with Gasteiger partial charge in [-0.3, -0.25) is 11.3 Å². The van der Waals surface area contributed by atoms with Crippen LogP contribution in [0.3, 0.4) is 0 Å². The normalized spacial score (nSPS) is 13.2. The number of ether oxygens (including phenoxy) is 2. The lowest BCUT2D eigenvalue weighted by atomic mass is 9.84. The van der Waals surface area contributed by atoms with Crippen molar-refractivity contribution in [1.29, 1.82) is 0 Å². The molecule has 4 nitrogen and oxygen atoms in total. The maximum Gasteiger partial charge on any atom is 0.119 e. The second-order valence-electron chi connectivity index (χ2n) is 5.09. The van der Waals surface area contributed by atoms with Crippen LogP contribution in [-0.4, -0.2) is 25.4 Å². The van der Waals surface area contributed by atoms with Crippen LogP contribution in [0.5, 0.6) is 5.75 Å². The van der Waals surface area contributed by atoms with E-state index >= 15 is 0 Å². The lowest BCUT2D eigenvalue weighted by Gasteiger charge is -2.39. The van der Waals surface area contributed by atoms with E-state index in [1.54, 1.807) is 7.11 Å². The van der Waals surface area contributed by atoms with Crippen molar-refractivity contribution >= 4 is 15.9 Å². The first-order valence-electron chi connectivity index (χ1n) is 7.49. The molecule has 0 aliphatic carbocycles. The van der Waals surface area contributed by atoms with Gasteiger partial charge in [0.2, 0.25) is 0 Å². The van der Waals surface area contributed by atoms with E-state index in [2.05, 4.69) is 35.2 Å². The number of methoxy groups -OCH3 is 1. The van der Waals surface area contributed by atoms with Gasteiger partial charge in [0, 0.05) is 11.1 Å². The second kappa shape index (κ2) is 8.73. The number of halogens is 1. The van der Waals surface area contributed by atoms with Crippen molar-refractivity contribution in [1.82, 2.24) is 5.43 Å². The zero-order chi connectivity index (χ0) is 15.9. The predicted molar refractivity (Wildman–Crippen MR) is 90.4 cm³/mol. The van der Waals surface area contributed by atoms with Crippen LogP contribution in [0.2, 0.25) is 0 Å². The summed E-state index contributed by atoms with van der Waals surface area (Å²) >= 11 is 3.60. The van der Waals surface area contributed by atoms with Gasteiger partial charge in [0.1, 0.15) is 5.75 Å². The number of hydrogen-bond acceptors (Lipinski definition) is 4. The Hall–Kier alpha value is -0.620. The van der Waals surface area contributed by atoms with Gasteiger partial charge in [-0.05, 0) is 49.9 Å². The van der Waals surface area contributed by atoms with Gasteiger partial charge in [0.15, 0.2) is 0 Å². The fourth-order valence-corrected chi connectivity index (χ4v) is 3.19. The van der Waals surface area contributed by atoms with E-state index in [0.29, 0.717) is 6.61 Å². The third-order valence-electron chi connectivity index (χ3n) is 4.14. The van der Waals surface area contributed by atoms with Gasteiger partial charge in [0.05, 0.1) is 18.8 Å². The monoisotopic (exact) mass is 358 g/mol. The Balaban J connectivity index is 3.05. The molecular formula is C16H27BrN2O2. The molecule has 0 bridgehead atoms. The largest absolute Gasteiger partial charge is 0.497 e. The van der Waals surface area contributed by atoms with Crippen molar-refractivity contribution < 1.29 is 9.47 Å². The van der Waals surface area contributed by atoms with Gasteiger partial charge in [-0.25, -0.2) is 0 Å². The van der Waals surface area contributed by atoms with Gasteiger partial charge in [-0.2, -0.15) is 0 Å². The molecule has 5 heteroatoms. The van der Waals surface area contributed by atoms with Crippen LogP contribution in [0.25, 0.3) is 0 Å². The Morgan fingerprint density at radius 1 is 1.29 bits per heavy atom. The molecule has 0 spiro atoms. The Bertz CT molecular complexity index is 436. The third kappa shape index (κ3) is 4.42. The van der Waals surface area contributed by atoms with Crippen molar-refractivity contribution in [3.63, 3.8) is 0 Å². The summed E-state index contributed by atoms with van der Waals surface area (Å²) in [6.07, 6.45) is 2.59. The Morgan fingerprint density at radius 3 is 2.43 bits per heavy atom. The molecule has 0 saturated heterocycles. The molecule has 120 valence electrons. The molecule has 1 unspecified atom stereocenters. The molecule has 0 radical (unpaired) electrons. The quantitative estimate of drug-likeness (QED) is 0.524. The highest BCUT2D eigenvalue weighted by molar-refractivity contribution is 9.10. The van der Waals surface area contributed by atoms with Crippen LogP contribution < -0.4 is 16.0 Å². The lowest BCUT2D eigenvalue weighted by Crippen LogP contribution is -2.55. The smallest absolute Gasteiger partial charge is 0.119 e. The molecule has 0 amide bonds. The number of nitrogens with one attached hydrogen (secondary N) is 1. The van der Waals surface area contributed by atoms with Crippen LogP contribution in [0.15, 0.2) is 22.7 Å². The van der Waals surface area contributed by atoms with E-state index in [4.69, 9.17) is 15.3 Å². The van der Waals surface area contributed by atoms with Crippen molar-refractivity contribution in [2.75, 3.05) is 13.7 Å². The summed E-state index contributed by atoms with van der Waals surface area (Å²) < 4.78 is 12.4. The predicted octanol–water partition coefficient (Wildman–Crippen LogP) is 3.43. The van der Waals surface area contributed by atoms with Crippen molar-refractivity contribution in [2.24, 2.45) is 5.84 Å². The van der Waals surface area contributed by atoms with Crippen LogP contribution in [0.4, 0.5) is 0 Å². The van der Waals surface area contributed by atoms with Gasteiger partial charge >= 0.3 is 0 Å². The maximum atomic E-state index is 6.06. The van der Waals surface area contributed by atoms with Crippen LogP contribution >= 0.6 is 15.9 Å². The van der Waals surface area contributed by atoms with Gasteiger partial charge < -0.3 is 9.47 Å². The Labute approximate surface area is 136 Å². The summed E-state index contributed by atoms with van der Waals surface area (Å²) in [6.45, 7) is 6.99. The van der Waals surface area contributed by atoms with Crippen LogP contribution in [0, 0.1) is 0 Å². The molecule has 1 atom stereocenters. The number of benzene rings is 1. The topological polar surface area (TPSA) is 56.5 Å². The van der Waals surface area contributed by atoms with Gasteiger partial charge in [0.25, 0.3) is 0 Å². The van der Waals surface area contributed by atoms with E-state index in [1.807, 2.05) is 25.1 Å². The average molecular weight is 359 g/mol. The second-order valence-corrected chi connectivity index (χ2v) is 5.94. The SMILES string of the molecule is CCOC(CC)(CC)C(Cc1cc(OC)ccc1Br)NN. The first-order valence-corrected chi connectivity index (χ1v) is 8.28. The minimum atomic E-state index is -0.258. The Kier molecular flexibility index (Phi) is 7.66. The zero-order valence-corrected chi connectivity index (χ0v) is 15.0. The number of nitrogens with two attached hydrogens (primary N) is 1. The summed E-state index contributed by atoms with van der Waals surface area (Å²) in [5.74, 6) is 6.68. The summed E-state index contributed by atoms with van der Waals surface area (Å²) in [4.78, 5) is 0. The molecule has 1 rings (SSSR count). The molecule has 0 aromatic heterocycles. The highest BCUT2D eigenvalue weighted by Crippen LogP contribution is 2.30. The van der Waals surface area contributed by atoms with E-state index in [-0.39, 0.29) is 11.6 Å². The molecule has 3 N–H and O–H groups in total. The van der Waals surface area contributed by atoms with E-state index in [9.17, 15) is 0 Å². The number of rotatable bonds is 9. The lowest BCUT2D eigenvalue weighted by molar-refractivity contribution is -0.0720. The van der Waals surface area contributed by atoms with Crippen LogP contribution in [0.1, 0.15) is 39.2 Å². The summed E-state index contributed by atoms with van der Waals surface area (Å²) in [5, 5.41) is 0. The highest BCUT2D eigenvalue weighted by Gasteiger charge is 2.36. The first-order chi connectivity index (χ1) is 10.1. The minimum absolute atomic E-state index is 0.0378. The fraction of sp³-hybridized carbons (Fsp3) is 0.625. The molecule has 0 saturated carbocycles. The molecule has 1 aromatic carbocycles.